The molecule has 0 saturated heterocycles. The van der Waals surface area contributed by atoms with Crippen LogP contribution in [0.5, 0.6) is 11.5 Å². The number of hydrogen-bond acceptors (Lipinski definition) is 4. The van der Waals surface area contributed by atoms with E-state index in [0.717, 1.165) is 5.56 Å². The van der Waals surface area contributed by atoms with Crippen molar-refractivity contribution in [3.05, 3.63) is 57.6 Å². The first-order valence-corrected chi connectivity index (χ1v) is 9.71. The highest BCUT2D eigenvalue weighted by molar-refractivity contribution is 6.42. The molecular weight excluding hydrogens is 401 g/mol. The lowest BCUT2D eigenvalue weighted by molar-refractivity contribution is -0.122. The van der Waals surface area contributed by atoms with Gasteiger partial charge in [-0.3, -0.25) is 9.59 Å². The van der Waals surface area contributed by atoms with Gasteiger partial charge < -0.3 is 14.8 Å². The molecule has 0 aromatic heterocycles. The fraction of sp³-hybridized carbons (Fsp3) is 0.333. The molecule has 7 heteroatoms. The number of ether oxygens (including phenoxy) is 2. The third-order valence-electron chi connectivity index (χ3n) is 4.54. The number of rotatable bonds is 6. The molecule has 148 valence electrons. The zero-order valence-electron chi connectivity index (χ0n) is 15.7. The zero-order valence-corrected chi connectivity index (χ0v) is 17.2. The minimum absolute atomic E-state index is 0.0814. The van der Waals surface area contributed by atoms with Crippen molar-refractivity contribution in [2.75, 3.05) is 13.2 Å². The fourth-order valence-electron chi connectivity index (χ4n) is 2.96. The highest BCUT2D eigenvalue weighted by Gasteiger charge is 2.24. The molecule has 2 aromatic carbocycles. The van der Waals surface area contributed by atoms with Crippen LogP contribution in [-0.2, 0) is 10.3 Å². The Morgan fingerprint density at radius 3 is 2.39 bits per heavy atom. The van der Waals surface area contributed by atoms with Gasteiger partial charge in [0.1, 0.15) is 13.2 Å². The van der Waals surface area contributed by atoms with Gasteiger partial charge in [0.25, 0.3) is 0 Å². The number of carbonyl (C=O) groups is 2. The van der Waals surface area contributed by atoms with Crippen LogP contribution in [0.1, 0.15) is 42.6 Å². The second-order valence-electron chi connectivity index (χ2n) is 7.08. The van der Waals surface area contributed by atoms with E-state index < -0.39 is 5.54 Å². The van der Waals surface area contributed by atoms with Gasteiger partial charge in [-0.1, -0.05) is 29.3 Å². The average molecular weight is 422 g/mol. The van der Waals surface area contributed by atoms with Crippen LogP contribution in [0, 0.1) is 0 Å². The van der Waals surface area contributed by atoms with Gasteiger partial charge in [-0.2, -0.15) is 0 Å². The summed E-state index contributed by atoms with van der Waals surface area (Å²) in [6.07, 6.45) is 0.182. The fourth-order valence-corrected chi connectivity index (χ4v) is 3.25. The molecule has 0 saturated carbocycles. The number of ketones is 1. The van der Waals surface area contributed by atoms with Crippen LogP contribution < -0.4 is 14.8 Å². The molecule has 0 fully saturated rings. The van der Waals surface area contributed by atoms with Crippen LogP contribution in [0.4, 0.5) is 0 Å². The first-order chi connectivity index (χ1) is 13.3. The quantitative estimate of drug-likeness (QED) is 0.681. The molecule has 28 heavy (non-hydrogen) atoms. The summed E-state index contributed by atoms with van der Waals surface area (Å²) in [6, 6.07) is 10.3. The standard InChI is InChI=1S/C21H21Cl2NO4/c1-21(2,14-4-5-15(22)16(23)12-14)24-20(26)8-6-17(25)13-3-7-18-19(11-13)28-10-9-27-18/h3-5,7,11-12H,6,8-10H2,1-2H3,(H,24,26). The van der Waals surface area contributed by atoms with Gasteiger partial charge in [0, 0.05) is 18.4 Å². The monoisotopic (exact) mass is 421 g/mol. The van der Waals surface area contributed by atoms with E-state index in [0.29, 0.717) is 40.3 Å². The van der Waals surface area contributed by atoms with Crippen molar-refractivity contribution < 1.29 is 19.1 Å². The van der Waals surface area contributed by atoms with E-state index in [1.165, 1.54) is 0 Å². The number of nitrogens with one attached hydrogen (secondary N) is 1. The highest BCUT2D eigenvalue weighted by atomic mass is 35.5. The van der Waals surface area contributed by atoms with Crippen molar-refractivity contribution in [1.82, 2.24) is 5.32 Å². The molecule has 1 heterocycles. The maximum absolute atomic E-state index is 12.4. The van der Waals surface area contributed by atoms with E-state index in [-0.39, 0.29) is 24.5 Å². The zero-order chi connectivity index (χ0) is 20.3. The predicted molar refractivity (Wildman–Crippen MR) is 109 cm³/mol. The highest BCUT2D eigenvalue weighted by Crippen LogP contribution is 2.31. The SMILES string of the molecule is CC(C)(NC(=O)CCC(=O)c1ccc2c(c1)OCCO2)c1ccc(Cl)c(Cl)c1. The van der Waals surface area contributed by atoms with Gasteiger partial charge in [0.05, 0.1) is 15.6 Å². The molecule has 5 nitrogen and oxygen atoms in total. The third-order valence-corrected chi connectivity index (χ3v) is 5.28. The number of carbonyl (C=O) groups excluding carboxylic acids is 2. The van der Waals surface area contributed by atoms with E-state index in [1.807, 2.05) is 19.9 Å². The molecule has 1 aliphatic rings. The Morgan fingerprint density at radius 2 is 1.68 bits per heavy atom. The summed E-state index contributed by atoms with van der Waals surface area (Å²) in [6.45, 7) is 4.69. The first-order valence-electron chi connectivity index (χ1n) is 8.95. The molecule has 0 aliphatic carbocycles. The van der Waals surface area contributed by atoms with Crippen molar-refractivity contribution in [3.8, 4) is 11.5 Å². The van der Waals surface area contributed by atoms with Crippen LogP contribution in [0.15, 0.2) is 36.4 Å². The summed E-state index contributed by atoms with van der Waals surface area (Å²) in [4.78, 5) is 24.8. The molecule has 0 unspecified atom stereocenters. The molecule has 1 aliphatic heterocycles. The number of hydrogen-bond donors (Lipinski definition) is 1. The lowest BCUT2D eigenvalue weighted by Crippen LogP contribution is -2.41. The van der Waals surface area contributed by atoms with Gasteiger partial charge in [-0.05, 0) is 49.7 Å². The van der Waals surface area contributed by atoms with E-state index in [9.17, 15) is 9.59 Å². The maximum Gasteiger partial charge on any atom is 0.221 e. The van der Waals surface area contributed by atoms with Crippen molar-refractivity contribution >= 4 is 34.9 Å². The summed E-state index contributed by atoms with van der Waals surface area (Å²) in [5.41, 5.74) is 0.681. The van der Waals surface area contributed by atoms with Crippen molar-refractivity contribution in [2.45, 2.75) is 32.2 Å². The molecule has 1 amide bonds. The summed E-state index contributed by atoms with van der Waals surface area (Å²) in [5.74, 6) is 0.840. The minimum atomic E-state index is -0.647. The van der Waals surface area contributed by atoms with Crippen molar-refractivity contribution in [1.29, 1.82) is 0 Å². The Labute approximate surface area is 173 Å². The second-order valence-corrected chi connectivity index (χ2v) is 7.90. The van der Waals surface area contributed by atoms with Gasteiger partial charge in [-0.25, -0.2) is 0 Å². The van der Waals surface area contributed by atoms with Gasteiger partial charge in [-0.15, -0.1) is 0 Å². The van der Waals surface area contributed by atoms with E-state index >= 15 is 0 Å². The topological polar surface area (TPSA) is 64.6 Å². The molecule has 1 N–H and O–H groups in total. The number of fused-ring (bicyclic) bond motifs is 1. The van der Waals surface area contributed by atoms with E-state index in [1.54, 1.807) is 30.3 Å². The van der Waals surface area contributed by atoms with E-state index in [2.05, 4.69) is 5.32 Å². The summed E-state index contributed by atoms with van der Waals surface area (Å²) < 4.78 is 10.9. The van der Waals surface area contributed by atoms with Crippen LogP contribution in [-0.4, -0.2) is 24.9 Å². The van der Waals surface area contributed by atoms with Gasteiger partial charge in [0.2, 0.25) is 5.91 Å². The van der Waals surface area contributed by atoms with Crippen molar-refractivity contribution in [2.24, 2.45) is 0 Å². The Balaban J connectivity index is 1.58. The van der Waals surface area contributed by atoms with Crippen LogP contribution in [0.25, 0.3) is 0 Å². The average Bonchev–Trinajstić information content (AvgIpc) is 2.67. The molecule has 3 rings (SSSR count). The molecular formula is C21H21Cl2NO4. The summed E-state index contributed by atoms with van der Waals surface area (Å²) in [7, 11) is 0. The maximum atomic E-state index is 12.4. The molecule has 0 radical (unpaired) electrons. The third kappa shape index (κ3) is 4.78. The smallest absolute Gasteiger partial charge is 0.221 e. The van der Waals surface area contributed by atoms with Crippen LogP contribution >= 0.6 is 23.2 Å². The lowest BCUT2D eigenvalue weighted by Gasteiger charge is -2.27. The number of halogens is 2. The summed E-state index contributed by atoms with van der Waals surface area (Å²) >= 11 is 12.0. The van der Waals surface area contributed by atoms with Gasteiger partial charge in [0.15, 0.2) is 17.3 Å². The minimum Gasteiger partial charge on any atom is -0.486 e. The number of Topliss-reactive ketones (excluding diaryl/α,β-unsaturated/α-hetero) is 1. The Bertz CT molecular complexity index is 911. The second kappa shape index (κ2) is 8.41. The summed E-state index contributed by atoms with van der Waals surface area (Å²) in [5, 5.41) is 3.82. The van der Waals surface area contributed by atoms with E-state index in [4.69, 9.17) is 32.7 Å². The Morgan fingerprint density at radius 1 is 0.964 bits per heavy atom. The first kappa shape index (κ1) is 20.5. The van der Waals surface area contributed by atoms with Crippen molar-refractivity contribution in [3.63, 3.8) is 0 Å². The predicted octanol–water partition coefficient (Wildman–Crippen LogP) is 4.78. The molecule has 2 aromatic rings. The van der Waals surface area contributed by atoms with Crippen LogP contribution in [0.3, 0.4) is 0 Å². The molecule has 0 spiro atoms. The van der Waals surface area contributed by atoms with Crippen LogP contribution in [0.2, 0.25) is 10.0 Å². The van der Waals surface area contributed by atoms with Gasteiger partial charge >= 0.3 is 0 Å². The largest absolute Gasteiger partial charge is 0.486 e. The number of amides is 1. The molecule has 0 atom stereocenters. The Kier molecular flexibility index (Phi) is 6.16. The lowest BCUT2D eigenvalue weighted by atomic mass is 9.94. The Hall–Kier alpha value is -2.24. The normalized spacial score (nSPS) is 13.1. The number of benzene rings is 2. The molecule has 0 bridgehead atoms.